The third-order valence-corrected chi connectivity index (χ3v) is 4.84. The zero-order valence-corrected chi connectivity index (χ0v) is 18.9. The van der Waals surface area contributed by atoms with E-state index in [0.717, 1.165) is 5.56 Å². The van der Waals surface area contributed by atoms with Gasteiger partial charge in [0.05, 0.1) is 32.9 Å². The lowest BCUT2D eigenvalue weighted by atomic mass is 10.1. The van der Waals surface area contributed by atoms with Crippen molar-refractivity contribution in [1.29, 1.82) is 0 Å². The van der Waals surface area contributed by atoms with Crippen LogP contribution >= 0.6 is 0 Å². The van der Waals surface area contributed by atoms with Gasteiger partial charge in [-0.05, 0) is 48.9 Å². The summed E-state index contributed by atoms with van der Waals surface area (Å²) in [5, 5.41) is 2.81. The minimum absolute atomic E-state index is 0.0175. The first-order chi connectivity index (χ1) is 16.0. The molecule has 7 heteroatoms. The van der Waals surface area contributed by atoms with E-state index >= 15 is 0 Å². The van der Waals surface area contributed by atoms with Gasteiger partial charge in [0.2, 0.25) is 6.10 Å². The standard InChI is InChI=1S/C26H27NO6/c1-18-9-14-23(31-3)22(17-18)27-26(29)25(19-7-5-4-6-8-19)33-24(28)15-16-32-21-12-10-20(30-2)11-13-21/h4-14,17,25H,15-16H2,1-3H3,(H,27,29). The fourth-order valence-electron chi connectivity index (χ4n) is 3.13. The molecule has 0 aromatic heterocycles. The van der Waals surface area contributed by atoms with Crippen LogP contribution in [0.2, 0.25) is 0 Å². The molecule has 1 N–H and O–H groups in total. The van der Waals surface area contributed by atoms with Gasteiger partial charge in [-0.1, -0.05) is 36.4 Å². The number of benzene rings is 3. The summed E-state index contributed by atoms with van der Waals surface area (Å²) in [7, 11) is 3.11. The first kappa shape index (κ1) is 23.7. The molecule has 3 aromatic rings. The highest BCUT2D eigenvalue weighted by molar-refractivity contribution is 5.97. The van der Waals surface area contributed by atoms with Crippen LogP contribution in [0.25, 0.3) is 0 Å². The molecule has 172 valence electrons. The fourth-order valence-corrected chi connectivity index (χ4v) is 3.13. The van der Waals surface area contributed by atoms with E-state index in [2.05, 4.69) is 5.32 Å². The monoisotopic (exact) mass is 449 g/mol. The number of hydrogen-bond acceptors (Lipinski definition) is 6. The molecule has 3 aromatic carbocycles. The molecule has 0 fully saturated rings. The molecule has 0 radical (unpaired) electrons. The van der Waals surface area contributed by atoms with Crippen LogP contribution in [0.1, 0.15) is 23.7 Å². The lowest BCUT2D eigenvalue weighted by Crippen LogP contribution is -2.26. The Balaban J connectivity index is 1.66. The summed E-state index contributed by atoms with van der Waals surface area (Å²) in [4.78, 5) is 25.6. The van der Waals surface area contributed by atoms with Crippen LogP contribution in [0.3, 0.4) is 0 Å². The molecule has 0 saturated carbocycles. The molecule has 0 saturated heterocycles. The van der Waals surface area contributed by atoms with Crippen LogP contribution in [0.4, 0.5) is 5.69 Å². The van der Waals surface area contributed by atoms with Crippen LogP contribution in [-0.4, -0.2) is 32.7 Å². The summed E-state index contributed by atoms with van der Waals surface area (Å²) < 4.78 is 21.6. The smallest absolute Gasteiger partial charge is 0.310 e. The van der Waals surface area contributed by atoms with E-state index in [9.17, 15) is 9.59 Å². The third-order valence-electron chi connectivity index (χ3n) is 4.84. The van der Waals surface area contributed by atoms with Gasteiger partial charge in [0.1, 0.15) is 17.2 Å². The van der Waals surface area contributed by atoms with Crippen molar-refractivity contribution in [2.45, 2.75) is 19.4 Å². The Labute approximate surface area is 193 Å². The van der Waals surface area contributed by atoms with Crippen LogP contribution in [-0.2, 0) is 14.3 Å². The number of rotatable bonds is 10. The number of amides is 1. The number of esters is 1. The second-order valence-corrected chi connectivity index (χ2v) is 7.25. The molecule has 0 spiro atoms. The fraction of sp³-hybridized carbons (Fsp3) is 0.231. The molecule has 1 atom stereocenters. The molecule has 0 aliphatic heterocycles. The highest BCUT2D eigenvalue weighted by Crippen LogP contribution is 2.28. The zero-order chi connectivity index (χ0) is 23.6. The molecule has 33 heavy (non-hydrogen) atoms. The van der Waals surface area contributed by atoms with Crippen molar-refractivity contribution in [1.82, 2.24) is 0 Å². The lowest BCUT2D eigenvalue weighted by Gasteiger charge is -2.19. The number of hydrogen-bond donors (Lipinski definition) is 1. The topological polar surface area (TPSA) is 83.1 Å². The van der Waals surface area contributed by atoms with Gasteiger partial charge in [0.15, 0.2) is 0 Å². The van der Waals surface area contributed by atoms with E-state index in [1.807, 2.05) is 19.1 Å². The van der Waals surface area contributed by atoms with Gasteiger partial charge < -0.3 is 24.3 Å². The van der Waals surface area contributed by atoms with Gasteiger partial charge in [-0.2, -0.15) is 0 Å². The molecule has 0 heterocycles. The van der Waals surface area contributed by atoms with Crippen molar-refractivity contribution in [3.05, 3.63) is 83.9 Å². The van der Waals surface area contributed by atoms with Gasteiger partial charge in [0, 0.05) is 5.56 Å². The predicted molar refractivity (Wildman–Crippen MR) is 125 cm³/mol. The average Bonchev–Trinajstić information content (AvgIpc) is 2.83. The highest BCUT2D eigenvalue weighted by atomic mass is 16.6. The summed E-state index contributed by atoms with van der Waals surface area (Å²) in [5.41, 5.74) is 2.02. The number of carbonyl (C=O) groups is 2. The van der Waals surface area contributed by atoms with Gasteiger partial charge >= 0.3 is 5.97 Å². The molecular formula is C26H27NO6. The summed E-state index contributed by atoms with van der Waals surface area (Å²) in [6.07, 6.45) is -1.14. The number of nitrogens with one attached hydrogen (secondary N) is 1. The first-order valence-electron chi connectivity index (χ1n) is 10.5. The molecule has 1 unspecified atom stereocenters. The Hall–Kier alpha value is -4.00. The Morgan fingerprint density at radius 1 is 0.879 bits per heavy atom. The predicted octanol–water partition coefficient (Wildman–Crippen LogP) is 4.70. The third kappa shape index (κ3) is 6.74. The van der Waals surface area contributed by atoms with E-state index < -0.39 is 18.0 Å². The molecule has 0 aliphatic carbocycles. The Kier molecular flexibility index (Phi) is 8.30. The molecular weight excluding hydrogens is 422 g/mol. The molecule has 7 nitrogen and oxygen atoms in total. The number of aryl methyl sites for hydroxylation is 1. The summed E-state index contributed by atoms with van der Waals surface area (Å²) >= 11 is 0. The van der Waals surface area contributed by atoms with Gasteiger partial charge in [-0.3, -0.25) is 9.59 Å². The van der Waals surface area contributed by atoms with Crippen LogP contribution in [0, 0.1) is 6.92 Å². The molecule has 0 aliphatic rings. The average molecular weight is 450 g/mol. The number of methoxy groups -OCH3 is 2. The second-order valence-electron chi connectivity index (χ2n) is 7.25. The maximum atomic E-state index is 13.1. The first-order valence-corrected chi connectivity index (χ1v) is 10.5. The number of ether oxygens (including phenoxy) is 4. The number of anilines is 1. The Morgan fingerprint density at radius 2 is 1.58 bits per heavy atom. The van der Waals surface area contributed by atoms with Crippen molar-refractivity contribution >= 4 is 17.6 Å². The normalized spacial score (nSPS) is 11.2. The largest absolute Gasteiger partial charge is 0.497 e. The van der Waals surface area contributed by atoms with E-state index in [-0.39, 0.29) is 13.0 Å². The summed E-state index contributed by atoms with van der Waals surface area (Å²) in [5.74, 6) is 0.800. The minimum atomic E-state index is -1.12. The van der Waals surface area contributed by atoms with Gasteiger partial charge in [0.25, 0.3) is 5.91 Å². The van der Waals surface area contributed by atoms with Gasteiger partial charge in [-0.25, -0.2) is 0 Å². The van der Waals surface area contributed by atoms with E-state index in [1.54, 1.807) is 67.8 Å². The van der Waals surface area contributed by atoms with Crippen LogP contribution < -0.4 is 19.5 Å². The quantitative estimate of drug-likeness (QED) is 0.452. The van der Waals surface area contributed by atoms with E-state index in [4.69, 9.17) is 18.9 Å². The zero-order valence-electron chi connectivity index (χ0n) is 18.9. The van der Waals surface area contributed by atoms with Gasteiger partial charge in [-0.15, -0.1) is 0 Å². The SMILES string of the molecule is COc1ccc(OCCC(=O)OC(C(=O)Nc2cc(C)ccc2OC)c2ccccc2)cc1. The lowest BCUT2D eigenvalue weighted by molar-refractivity contribution is -0.155. The maximum absolute atomic E-state index is 13.1. The van der Waals surface area contributed by atoms with Crippen molar-refractivity contribution in [3.8, 4) is 17.2 Å². The van der Waals surface area contributed by atoms with Crippen molar-refractivity contribution in [2.75, 3.05) is 26.1 Å². The Bertz CT molecular complexity index is 1070. The van der Waals surface area contributed by atoms with Crippen LogP contribution in [0.5, 0.6) is 17.2 Å². The summed E-state index contributed by atoms with van der Waals surface area (Å²) in [6, 6.07) is 21.3. The second kappa shape index (κ2) is 11.6. The number of carbonyl (C=O) groups excluding carboxylic acids is 2. The highest BCUT2D eigenvalue weighted by Gasteiger charge is 2.26. The summed E-state index contributed by atoms with van der Waals surface area (Å²) in [6.45, 7) is 2.02. The Morgan fingerprint density at radius 3 is 2.24 bits per heavy atom. The van der Waals surface area contributed by atoms with Crippen molar-refractivity contribution in [3.63, 3.8) is 0 Å². The van der Waals surface area contributed by atoms with Crippen molar-refractivity contribution in [2.24, 2.45) is 0 Å². The molecule has 0 bridgehead atoms. The maximum Gasteiger partial charge on any atom is 0.310 e. The van der Waals surface area contributed by atoms with Crippen LogP contribution in [0.15, 0.2) is 72.8 Å². The van der Waals surface area contributed by atoms with E-state index in [0.29, 0.717) is 28.5 Å². The molecule has 1 amide bonds. The minimum Gasteiger partial charge on any atom is -0.497 e. The van der Waals surface area contributed by atoms with Crippen molar-refractivity contribution < 1.29 is 28.5 Å². The molecule has 3 rings (SSSR count). The van der Waals surface area contributed by atoms with E-state index in [1.165, 1.54) is 7.11 Å².